The lowest BCUT2D eigenvalue weighted by molar-refractivity contribution is 0.413. The highest BCUT2D eigenvalue weighted by Gasteiger charge is 2.19. The van der Waals surface area contributed by atoms with Crippen LogP contribution in [0, 0.1) is 11.6 Å². The smallest absolute Gasteiger partial charge is 0.173 e. The Hall–Kier alpha value is -1.46. The van der Waals surface area contributed by atoms with E-state index in [4.69, 9.17) is 4.74 Å². The summed E-state index contributed by atoms with van der Waals surface area (Å²) in [6, 6.07) is 9.85. The van der Waals surface area contributed by atoms with Gasteiger partial charge in [-0.2, -0.15) is 0 Å². The van der Waals surface area contributed by atoms with Crippen molar-refractivity contribution < 1.29 is 13.5 Å². The molecule has 1 unspecified atom stereocenters. The van der Waals surface area contributed by atoms with Gasteiger partial charge in [0.1, 0.15) is 5.75 Å². The zero-order chi connectivity index (χ0) is 14.7. The van der Waals surface area contributed by atoms with Crippen molar-refractivity contribution in [3.63, 3.8) is 0 Å². The minimum absolute atomic E-state index is 0.125. The van der Waals surface area contributed by atoms with E-state index in [1.54, 1.807) is 20.2 Å². The number of hydrogen-bond donors (Lipinski definition) is 1. The summed E-state index contributed by atoms with van der Waals surface area (Å²) in [6.07, 6.45) is 0. The maximum Gasteiger partial charge on any atom is 0.173 e. The molecule has 106 valence electrons. The van der Waals surface area contributed by atoms with E-state index in [-0.39, 0.29) is 10.5 Å². The summed E-state index contributed by atoms with van der Waals surface area (Å²) in [5.41, 5.74) is 1.53. The summed E-state index contributed by atoms with van der Waals surface area (Å²) in [4.78, 5) is 0. The van der Waals surface area contributed by atoms with Gasteiger partial charge in [0, 0.05) is 0 Å². The van der Waals surface area contributed by atoms with Crippen LogP contribution < -0.4 is 10.1 Å². The van der Waals surface area contributed by atoms with Crippen molar-refractivity contribution in [2.45, 2.75) is 6.04 Å². The van der Waals surface area contributed by atoms with E-state index in [1.165, 1.54) is 0 Å². The minimum atomic E-state index is -0.884. The van der Waals surface area contributed by atoms with Crippen molar-refractivity contribution in [3.8, 4) is 5.75 Å². The summed E-state index contributed by atoms with van der Waals surface area (Å²) < 4.78 is 32.2. The van der Waals surface area contributed by atoms with E-state index < -0.39 is 11.6 Å². The highest BCUT2D eigenvalue weighted by atomic mass is 79.9. The van der Waals surface area contributed by atoms with Gasteiger partial charge >= 0.3 is 0 Å². The van der Waals surface area contributed by atoms with Crippen LogP contribution in [0.2, 0.25) is 0 Å². The molecule has 2 aromatic carbocycles. The van der Waals surface area contributed by atoms with Crippen molar-refractivity contribution in [1.29, 1.82) is 0 Å². The van der Waals surface area contributed by atoms with Gasteiger partial charge in [0.15, 0.2) is 11.6 Å². The molecular formula is C15H14BrF2NO. The fourth-order valence-corrected chi connectivity index (χ4v) is 2.64. The molecule has 2 rings (SSSR count). The van der Waals surface area contributed by atoms with E-state index >= 15 is 0 Å². The summed E-state index contributed by atoms with van der Waals surface area (Å²) in [6.45, 7) is 0. The Bertz CT molecular complexity index is 619. The summed E-state index contributed by atoms with van der Waals surface area (Å²) >= 11 is 3.12. The van der Waals surface area contributed by atoms with Crippen molar-refractivity contribution in [1.82, 2.24) is 5.32 Å². The first-order valence-corrected chi connectivity index (χ1v) is 6.82. The molecule has 0 saturated heterocycles. The number of methoxy groups -OCH3 is 1. The van der Waals surface area contributed by atoms with Gasteiger partial charge in [-0.3, -0.25) is 0 Å². The summed E-state index contributed by atoms with van der Waals surface area (Å²) in [5.74, 6) is -1.05. The standard InChI is InChI=1S/C15H14BrF2NO/c1-19-15(9-4-3-5-10(8-9)20-2)11-6-7-12(17)14(18)13(11)16/h3-8,15,19H,1-2H3. The van der Waals surface area contributed by atoms with E-state index in [9.17, 15) is 8.78 Å². The average Bonchev–Trinajstić information content (AvgIpc) is 2.48. The maximum atomic E-state index is 13.7. The van der Waals surface area contributed by atoms with Crippen molar-refractivity contribution in [2.75, 3.05) is 14.2 Å². The Morgan fingerprint density at radius 3 is 2.60 bits per heavy atom. The molecule has 0 spiro atoms. The summed E-state index contributed by atoms with van der Waals surface area (Å²) in [5, 5.41) is 3.10. The van der Waals surface area contributed by atoms with E-state index in [0.29, 0.717) is 11.3 Å². The number of ether oxygens (including phenoxy) is 1. The fraction of sp³-hybridized carbons (Fsp3) is 0.200. The van der Waals surface area contributed by atoms with Gasteiger partial charge < -0.3 is 10.1 Å². The SMILES string of the molecule is CNC(c1cccc(OC)c1)c1ccc(F)c(F)c1Br. The molecule has 2 aromatic rings. The van der Waals surface area contributed by atoms with Crippen LogP contribution in [0.5, 0.6) is 5.75 Å². The Balaban J connectivity index is 2.49. The molecule has 0 aliphatic carbocycles. The zero-order valence-electron chi connectivity index (χ0n) is 11.1. The first-order valence-electron chi connectivity index (χ1n) is 6.03. The van der Waals surface area contributed by atoms with Gasteiger partial charge in [-0.15, -0.1) is 0 Å². The monoisotopic (exact) mass is 341 g/mol. The molecule has 2 nitrogen and oxygen atoms in total. The number of halogens is 3. The summed E-state index contributed by atoms with van der Waals surface area (Å²) in [7, 11) is 3.35. The lowest BCUT2D eigenvalue weighted by Crippen LogP contribution is -2.18. The molecule has 0 aromatic heterocycles. The van der Waals surface area contributed by atoms with Gasteiger partial charge in [-0.1, -0.05) is 18.2 Å². The Morgan fingerprint density at radius 2 is 1.95 bits per heavy atom. The van der Waals surface area contributed by atoms with Crippen LogP contribution in [-0.2, 0) is 0 Å². The number of benzene rings is 2. The van der Waals surface area contributed by atoms with Crippen LogP contribution in [0.15, 0.2) is 40.9 Å². The second-order valence-electron chi connectivity index (χ2n) is 4.26. The van der Waals surface area contributed by atoms with Gasteiger partial charge in [0.05, 0.1) is 17.6 Å². The van der Waals surface area contributed by atoms with E-state index in [2.05, 4.69) is 21.2 Å². The topological polar surface area (TPSA) is 21.3 Å². The molecule has 0 heterocycles. The maximum absolute atomic E-state index is 13.7. The zero-order valence-corrected chi connectivity index (χ0v) is 12.7. The number of rotatable bonds is 4. The predicted molar refractivity (Wildman–Crippen MR) is 78.0 cm³/mol. The molecule has 0 saturated carbocycles. The van der Waals surface area contributed by atoms with E-state index in [0.717, 1.165) is 11.6 Å². The molecule has 1 N–H and O–H groups in total. The van der Waals surface area contributed by atoms with Crippen LogP contribution in [0.25, 0.3) is 0 Å². The van der Waals surface area contributed by atoms with Crippen LogP contribution in [0.3, 0.4) is 0 Å². The molecule has 20 heavy (non-hydrogen) atoms. The van der Waals surface area contributed by atoms with Crippen LogP contribution >= 0.6 is 15.9 Å². The predicted octanol–water partition coefficient (Wildman–Crippen LogP) is 4.04. The largest absolute Gasteiger partial charge is 0.497 e. The minimum Gasteiger partial charge on any atom is -0.497 e. The molecule has 0 aliphatic rings. The Morgan fingerprint density at radius 1 is 1.20 bits per heavy atom. The van der Waals surface area contributed by atoms with Crippen LogP contribution in [0.1, 0.15) is 17.2 Å². The third-order valence-electron chi connectivity index (χ3n) is 3.09. The Kier molecular flexibility index (Phi) is 4.73. The molecule has 5 heteroatoms. The lowest BCUT2D eigenvalue weighted by atomic mass is 9.98. The molecule has 0 radical (unpaired) electrons. The lowest BCUT2D eigenvalue weighted by Gasteiger charge is -2.19. The van der Waals surface area contributed by atoms with Gasteiger partial charge in [-0.25, -0.2) is 8.78 Å². The van der Waals surface area contributed by atoms with Crippen molar-refractivity contribution in [3.05, 3.63) is 63.6 Å². The Labute approximate surface area is 124 Å². The number of nitrogens with one attached hydrogen (secondary N) is 1. The highest BCUT2D eigenvalue weighted by molar-refractivity contribution is 9.10. The van der Waals surface area contributed by atoms with Gasteiger partial charge in [0.25, 0.3) is 0 Å². The van der Waals surface area contributed by atoms with Gasteiger partial charge in [0.2, 0.25) is 0 Å². The third-order valence-corrected chi connectivity index (χ3v) is 3.90. The quantitative estimate of drug-likeness (QED) is 0.847. The van der Waals surface area contributed by atoms with Gasteiger partial charge in [-0.05, 0) is 52.3 Å². The normalized spacial score (nSPS) is 12.2. The third kappa shape index (κ3) is 2.83. The molecular weight excluding hydrogens is 328 g/mol. The second kappa shape index (κ2) is 6.33. The number of hydrogen-bond acceptors (Lipinski definition) is 2. The van der Waals surface area contributed by atoms with Crippen LogP contribution in [-0.4, -0.2) is 14.2 Å². The highest BCUT2D eigenvalue weighted by Crippen LogP contribution is 2.32. The first-order chi connectivity index (χ1) is 9.58. The average molecular weight is 342 g/mol. The first kappa shape index (κ1) is 14.9. The van der Waals surface area contributed by atoms with E-state index in [1.807, 2.05) is 24.3 Å². The van der Waals surface area contributed by atoms with Crippen molar-refractivity contribution >= 4 is 15.9 Å². The molecule has 0 aliphatic heterocycles. The van der Waals surface area contributed by atoms with Crippen LogP contribution in [0.4, 0.5) is 8.78 Å². The molecule has 0 amide bonds. The van der Waals surface area contributed by atoms with Crippen molar-refractivity contribution in [2.24, 2.45) is 0 Å². The molecule has 0 bridgehead atoms. The molecule has 0 fully saturated rings. The fourth-order valence-electron chi connectivity index (χ4n) is 2.09. The molecule has 1 atom stereocenters. The second-order valence-corrected chi connectivity index (χ2v) is 5.06.